The van der Waals surface area contributed by atoms with E-state index in [0.717, 1.165) is 6.92 Å². The third-order valence-corrected chi connectivity index (χ3v) is 12.9. The maximum atomic E-state index is 14.7. The van der Waals surface area contributed by atoms with Crippen LogP contribution < -0.4 is 9.47 Å². The van der Waals surface area contributed by atoms with Gasteiger partial charge in [0.2, 0.25) is 6.79 Å². The maximum absolute atomic E-state index is 14.7. The monoisotopic (exact) mass is 764 g/mol. The van der Waals surface area contributed by atoms with Crippen LogP contribution in [-0.4, -0.2) is 130 Å². The van der Waals surface area contributed by atoms with Crippen molar-refractivity contribution < 1.29 is 82.6 Å². The second-order valence-corrected chi connectivity index (χ2v) is 16.0. The average Bonchev–Trinajstić information content (AvgIpc) is 3.59. The Bertz CT molecular complexity index is 1660. The standard InChI is InChI=1S/C37H48O17/c1-15(39)49-20-9-7-18-11-24-36(4)23(12-25(52-24)53-34-28(43)27(42)26(41)22(13-38)51-34)37(5,46)32(50-16(2)40)29(30(36)35(18,3)31(20)44)54-33(45)17-6-8-19-21(10-17)48-14-47-19/h6,8,10,18,20,22-30,32,34,38,41-43,46H,7,9,11-14H2,1-5H3/t18-,20+,22-,23-,24-,25+,26-,27+,28-,29+,30-,32-,34+,35+,36-,37+/m1/s1. The number of hydrogen-bond acceptors (Lipinski definition) is 17. The van der Waals surface area contributed by atoms with Gasteiger partial charge in [-0.25, -0.2) is 4.79 Å². The number of aliphatic hydroxyl groups excluding tert-OH is 4. The molecule has 17 nitrogen and oxygen atoms in total. The molecule has 2 saturated heterocycles. The summed E-state index contributed by atoms with van der Waals surface area (Å²) in [4.78, 5) is 53.9. The van der Waals surface area contributed by atoms with Gasteiger partial charge in [-0.1, -0.05) is 13.8 Å². The summed E-state index contributed by atoms with van der Waals surface area (Å²) >= 11 is 0. The van der Waals surface area contributed by atoms with Gasteiger partial charge in [-0.05, 0) is 50.3 Å². The van der Waals surface area contributed by atoms with E-state index in [0.29, 0.717) is 17.9 Å². The summed E-state index contributed by atoms with van der Waals surface area (Å²) in [7, 11) is 0. The third-order valence-electron chi connectivity index (χ3n) is 12.9. The van der Waals surface area contributed by atoms with Gasteiger partial charge in [-0.15, -0.1) is 0 Å². The molecule has 3 aliphatic heterocycles. The number of Topliss-reactive ketones (excluding diaryl/α,β-unsaturated/α-hetero) is 1. The van der Waals surface area contributed by atoms with Crippen LogP contribution in [0.1, 0.15) is 70.7 Å². The number of aliphatic hydroxyl groups is 5. The largest absolute Gasteiger partial charge is 0.455 e. The van der Waals surface area contributed by atoms with Crippen LogP contribution in [0.5, 0.6) is 11.5 Å². The minimum absolute atomic E-state index is 0.0382. The van der Waals surface area contributed by atoms with Crippen molar-refractivity contribution in [2.24, 2.45) is 28.6 Å². The molecular formula is C37H48O17. The van der Waals surface area contributed by atoms with Crippen molar-refractivity contribution in [3.8, 4) is 11.5 Å². The first kappa shape index (κ1) is 38.8. The van der Waals surface area contributed by atoms with E-state index in [1.807, 2.05) is 6.92 Å². The number of hydrogen-bond donors (Lipinski definition) is 5. The van der Waals surface area contributed by atoms with E-state index in [1.54, 1.807) is 13.0 Å². The Kier molecular flexibility index (Phi) is 10.0. The van der Waals surface area contributed by atoms with E-state index in [-0.39, 0.29) is 31.6 Å². The van der Waals surface area contributed by atoms with Gasteiger partial charge < -0.3 is 63.4 Å². The molecule has 0 aromatic heterocycles. The van der Waals surface area contributed by atoms with E-state index in [4.69, 9.17) is 37.9 Å². The summed E-state index contributed by atoms with van der Waals surface area (Å²) in [5.41, 5.74) is -4.49. The number of benzene rings is 1. The second kappa shape index (κ2) is 14.0. The van der Waals surface area contributed by atoms with E-state index in [1.165, 1.54) is 26.0 Å². The topological polar surface area (TPSA) is 243 Å². The lowest BCUT2D eigenvalue weighted by atomic mass is 9.37. The van der Waals surface area contributed by atoms with Crippen molar-refractivity contribution in [2.75, 3.05) is 13.4 Å². The Morgan fingerprint density at radius 2 is 1.59 bits per heavy atom. The predicted octanol–water partition coefficient (Wildman–Crippen LogP) is 0.128. The molecule has 16 atom stereocenters. The molecule has 17 heteroatoms. The van der Waals surface area contributed by atoms with Crippen LogP contribution in [0.4, 0.5) is 0 Å². The molecule has 0 spiro atoms. The van der Waals surface area contributed by atoms with E-state index < -0.39 is 126 Å². The molecule has 7 rings (SSSR count). The molecule has 3 heterocycles. The van der Waals surface area contributed by atoms with Crippen molar-refractivity contribution in [1.82, 2.24) is 0 Å². The highest BCUT2D eigenvalue weighted by Crippen LogP contribution is 2.69. The van der Waals surface area contributed by atoms with Gasteiger partial charge in [-0.3, -0.25) is 14.4 Å². The average molecular weight is 765 g/mol. The Morgan fingerprint density at radius 1 is 0.889 bits per heavy atom. The highest BCUT2D eigenvalue weighted by atomic mass is 16.8. The number of esters is 3. The first-order valence-electron chi connectivity index (χ1n) is 18.3. The fourth-order valence-corrected chi connectivity index (χ4v) is 10.5. The smallest absolute Gasteiger partial charge is 0.338 e. The highest BCUT2D eigenvalue weighted by molar-refractivity contribution is 5.93. The van der Waals surface area contributed by atoms with Gasteiger partial charge in [0.1, 0.15) is 36.1 Å². The summed E-state index contributed by atoms with van der Waals surface area (Å²) in [5, 5.41) is 54.0. The van der Waals surface area contributed by atoms with Crippen LogP contribution in [0.2, 0.25) is 0 Å². The first-order valence-corrected chi connectivity index (χ1v) is 18.3. The Labute approximate surface area is 310 Å². The molecule has 0 unspecified atom stereocenters. The van der Waals surface area contributed by atoms with Crippen molar-refractivity contribution in [1.29, 1.82) is 0 Å². The number of carbonyl (C=O) groups is 4. The summed E-state index contributed by atoms with van der Waals surface area (Å²) < 4.78 is 46.9. The van der Waals surface area contributed by atoms with Crippen molar-refractivity contribution >= 4 is 23.7 Å². The zero-order valence-corrected chi connectivity index (χ0v) is 30.6. The molecule has 3 saturated carbocycles. The lowest BCUT2D eigenvalue weighted by molar-refractivity contribution is -0.391. The molecule has 0 radical (unpaired) electrons. The molecule has 6 aliphatic rings. The van der Waals surface area contributed by atoms with Gasteiger partial charge in [0.15, 0.2) is 42.1 Å². The van der Waals surface area contributed by atoms with Crippen molar-refractivity contribution in [2.45, 2.75) is 127 Å². The highest BCUT2D eigenvalue weighted by Gasteiger charge is 2.77. The number of carbonyl (C=O) groups excluding carboxylic acids is 4. The fourth-order valence-electron chi connectivity index (χ4n) is 10.5. The first-order chi connectivity index (χ1) is 25.4. The van der Waals surface area contributed by atoms with Gasteiger partial charge in [0.05, 0.1) is 18.3 Å². The minimum atomic E-state index is -1.98. The third kappa shape index (κ3) is 6.07. The lowest BCUT2D eigenvalue weighted by Crippen LogP contribution is -2.79. The van der Waals surface area contributed by atoms with E-state index in [9.17, 15) is 44.7 Å². The van der Waals surface area contributed by atoms with Crippen LogP contribution in [0.15, 0.2) is 18.2 Å². The molecule has 1 aromatic carbocycles. The Morgan fingerprint density at radius 3 is 2.28 bits per heavy atom. The quantitative estimate of drug-likeness (QED) is 0.183. The maximum Gasteiger partial charge on any atom is 0.338 e. The van der Waals surface area contributed by atoms with Crippen LogP contribution in [-0.2, 0) is 42.8 Å². The fraction of sp³-hybridized carbons (Fsp3) is 0.730. The summed E-state index contributed by atoms with van der Waals surface area (Å²) in [6.07, 6.45) is -13.3. The zero-order chi connectivity index (χ0) is 39.1. The molecule has 5 N–H and O–H groups in total. The number of fused-ring (bicyclic) bond motifs is 3. The second-order valence-electron chi connectivity index (χ2n) is 16.0. The SMILES string of the molecule is CC(=O)O[C@H]1CC[C@@H]2C[C@H]3O[C@@H](O[C@@H]4O[C@H](CO)[C@@H](O)[C@H](O)[C@H]4O)C[C@H]4[C@](C)(O)[C@H](OC(C)=O)[C@@H](OC(=O)c5ccc6c(c5)OCO6)[C@H]([C@@]2(C)C1=O)[C@@]34C. The van der Waals surface area contributed by atoms with Crippen LogP contribution in [0, 0.1) is 28.6 Å². The summed E-state index contributed by atoms with van der Waals surface area (Å²) in [5.74, 6) is -4.30. The number of rotatable bonds is 7. The number of ketones is 1. The van der Waals surface area contributed by atoms with Gasteiger partial charge in [0.25, 0.3) is 0 Å². The molecular weight excluding hydrogens is 716 g/mol. The van der Waals surface area contributed by atoms with Crippen LogP contribution >= 0.6 is 0 Å². The van der Waals surface area contributed by atoms with Crippen LogP contribution in [0.25, 0.3) is 0 Å². The van der Waals surface area contributed by atoms with Crippen molar-refractivity contribution in [3.05, 3.63) is 23.8 Å². The number of ether oxygens (including phenoxy) is 8. The normalized spacial score (nSPS) is 45.1. The summed E-state index contributed by atoms with van der Waals surface area (Å²) in [6, 6.07) is 4.46. The molecule has 298 valence electrons. The van der Waals surface area contributed by atoms with E-state index >= 15 is 0 Å². The molecule has 0 amide bonds. The molecule has 1 aromatic rings. The molecule has 0 bridgehead atoms. The van der Waals surface area contributed by atoms with Gasteiger partial charge in [-0.2, -0.15) is 0 Å². The predicted molar refractivity (Wildman–Crippen MR) is 177 cm³/mol. The molecule has 5 fully saturated rings. The van der Waals surface area contributed by atoms with Crippen LogP contribution in [0.3, 0.4) is 0 Å². The summed E-state index contributed by atoms with van der Waals surface area (Å²) in [6.45, 7) is 6.64. The lowest BCUT2D eigenvalue weighted by Gasteiger charge is -2.70. The van der Waals surface area contributed by atoms with Gasteiger partial charge in [0, 0.05) is 42.9 Å². The Hall–Kier alpha value is -3.42. The van der Waals surface area contributed by atoms with Gasteiger partial charge >= 0.3 is 17.9 Å². The molecule has 3 aliphatic carbocycles. The zero-order valence-electron chi connectivity index (χ0n) is 30.6. The Balaban J connectivity index is 1.32. The van der Waals surface area contributed by atoms with Crippen molar-refractivity contribution in [3.63, 3.8) is 0 Å². The minimum Gasteiger partial charge on any atom is -0.455 e. The van der Waals surface area contributed by atoms with E-state index in [2.05, 4.69) is 0 Å². The molecule has 54 heavy (non-hydrogen) atoms.